The fourth-order valence-electron chi connectivity index (χ4n) is 2.82. The first kappa shape index (κ1) is 12.8. The second kappa shape index (κ2) is 4.94. The Balaban J connectivity index is 1.85. The second-order valence-corrected chi connectivity index (χ2v) is 5.58. The maximum absolute atomic E-state index is 12.2. The highest BCUT2D eigenvalue weighted by Gasteiger charge is 2.44. The SMILES string of the molecule is CCC1CCNC(C(=O)N2CC(O)(CC)C2)C1. The fraction of sp³-hybridized carbons (Fsp3) is 0.923. The zero-order valence-corrected chi connectivity index (χ0v) is 10.9. The number of aliphatic hydroxyl groups is 1. The Morgan fingerprint density at radius 2 is 2.18 bits per heavy atom. The summed E-state index contributed by atoms with van der Waals surface area (Å²) in [5.41, 5.74) is -0.617. The van der Waals surface area contributed by atoms with Crippen LogP contribution in [0.1, 0.15) is 39.5 Å². The van der Waals surface area contributed by atoms with Crippen molar-refractivity contribution in [1.82, 2.24) is 10.2 Å². The van der Waals surface area contributed by atoms with Gasteiger partial charge in [0.15, 0.2) is 0 Å². The predicted molar refractivity (Wildman–Crippen MR) is 66.6 cm³/mol. The number of β-amino-alcohol motifs (C(OH)–C–C–N with tert-alkyl or cyclic N) is 1. The van der Waals surface area contributed by atoms with Crippen LogP contribution in [0.2, 0.25) is 0 Å². The van der Waals surface area contributed by atoms with E-state index in [0.29, 0.717) is 19.0 Å². The molecule has 0 aromatic heterocycles. The minimum atomic E-state index is -0.617. The van der Waals surface area contributed by atoms with Crippen molar-refractivity contribution in [3.05, 3.63) is 0 Å². The summed E-state index contributed by atoms with van der Waals surface area (Å²) in [6, 6.07) is -0.0184. The van der Waals surface area contributed by atoms with Gasteiger partial charge in [-0.3, -0.25) is 4.79 Å². The summed E-state index contributed by atoms with van der Waals surface area (Å²) in [5, 5.41) is 13.2. The third-order valence-electron chi connectivity index (χ3n) is 4.33. The van der Waals surface area contributed by atoms with Crippen molar-refractivity contribution in [1.29, 1.82) is 0 Å². The lowest BCUT2D eigenvalue weighted by atomic mass is 9.87. The number of rotatable bonds is 3. The van der Waals surface area contributed by atoms with Gasteiger partial charge in [0, 0.05) is 0 Å². The van der Waals surface area contributed by atoms with Crippen molar-refractivity contribution in [3.8, 4) is 0 Å². The van der Waals surface area contributed by atoms with Gasteiger partial charge in [0.25, 0.3) is 0 Å². The Bertz CT molecular complexity index is 287. The van der Waals surface area contributed by atoms with Crippen molar-refractivity contribution < 1.29 is 9.90 Å². The smallest absolute Gasteiger partial charge is 0.239 e. The number of hydrogen-bond acceptors (Lipinski definition) is 3. The van der Waals surface area contributed by atoms with Gasteiger partial charge in [0.05, 0.1) is 24.7 Å². The van der Waals surface area contributed by atoms with E-state index in [1.54, 1.807) is 4.90 Å². The van der Waals surface area contributed by atoms with Gasteiger partial charge >= 0.3 is 0 Å². The molecule has 0 aliphatic carbocycles. The summed E-state index contributed by atoms with van der Waals surface area (Å²) in [5.74, 6) is 0.859. The summed E-state index contributed by atoms with van der Waals surface area (Å²) in [6.07, 6.45) is 4.02. The lowest BCUT2D eigenvalue weighted by Crippen LogP contribution is -2.66. The van der Waals surface area contributed by atoms with E-state index < -0.39 is 5.60 Å². The van der Waals surface area contributed by atoms with E-state index in [0.717, 1.165) is 25.8 Å². The molecule has 0 bridgehead atoms. The number of amides is 1. The molecule has 98 valence electrons. The van der Waals surface area contributed by atoms with Gasteiger partial charge < -0.3 is 15.3 Å². The van der Waals surface area contributed by atoms with Crippen LogP contribution >= 0.6 is 0 Å². The highest BCUT2D eigenvalue weighted by Crippen LogP contribution is 2.27. The summed E-state index contributed by atoms with van der Waals surface area (Å²) >= 11 is 0. The standard InChI is InChI=1S/C13H24N2O2/c1-3-10-5-6-14-11(7-10)12(16)15-8-13(17,4-2)9-15/h10-11,14,17H,3-9H2,1-2H3. The van der Waals surface area contributed by atoms with Gasteiger partial charge in [-0.1, -0.05) is 20.3 Å². The zero-order chi connectivity index (χ0) is 12.5. The average Bonchev–Trinajstić information content (AvgIpc) is 2.34. The Morgan fingerprint density at radius 1 is 1.47 bits per heavy atom. The van der Waals surface area contributed by atoms with E-state index in [1.807, 2.05) is 6.92 Å². The van der Waals surface area contributed by atoms with Crippen LogP contribution in [0.3, 0.4) is 0 Å². The molecule has 2 fully saturated rings. The first-order chi connectivity index (χ1) is 8.08. The number of carbonyl (C=O) groups excluding carboxylic acids is 1. The average molecular weight is 240 g/mol. The first-order valence-corrected chi connectivity index (χ1v) is 6.82. The van der Waals surface area contributed by atoms with Crippen LogP contribution in [-0.2, 0) is 4.79 Å². The van der Waals surface area contributed by atoms with Gasteiger partial charge in [-0.2, -0.15) is 0 Å². The molecule has 0 radical (unpaired) electrons. The van der Waals surface area contributed by atoms with Crippen molar-refractivity contribution in [2.45, 2.75) is 51.2 Å². The van der Waals surface area contributed by atoms with Crippen molar-refractivity contribution in [2.24, 2.45) is 5.92 Å². The van der Waals surface area contributed by atoms with Crippen LogP contribution in [0, 0.1) is 5.92 Å². The molecule has 2 atom stereocenters. The number of carbonyl (C=O) groups is 1. The molecule has 17 heavy (non-hydrogen) atoms. The van der Waals surface area contributed by atoms with Crippen LogP contribution in [-0.4, -0.2) is 47.2 Å². The van der Waals surface area contributed by atoms with Crippen LogP contribution < -0.4 is 5.32 Å². The van der Waals surface area contributed by atoms with Gasteiger partial charge in [-0.15, -0.1) is 0 Å². The molecule has 0 aromatic carbocycles. The van der Waals surface area contributed by atoms with E-state index in [-0.39, 0.29) is 11.9 Å². The Labute approximate surface area is 103 Å². The number of piperidine rings is 1. The fourth-order valence-corrected chi connectivity index (χ4v) is 2.82. The molecule has 0 aromatic rings. The highest BCUT2D eigenvalue weighted by molar-refractivity contribution is 5.83. The van der Waals surface area contributed by atoms with E-state index in [4.69, 9.17) is 0 Å². The van der Waals surface area contributed by atoms with Crippen LogP contribution in [0.4, 0.5) is 0 Å². The Morgan fingerprint density at radius 3 is 2.76 bits per heavy atom. The maximum Gasteiger partial charge on any atom is 0.239 e. The summed E-state index contributed by atoms with van der Waals surface area (Å²) in [6.45, 7) is 6.13. The molecule has 1 amide bonds. The normalized spacial score (nSPS) is 32.1. The minimum absolute atomic E-state index is 0.0184. The Hall–Kier alpha value is -0.610. The van der Waals surface area contributed by atoms with Gasteiger partial charge in [0.2, 0.25) is 5.91 Å². The maximum atomic E-state index is 12.2. The van der Waals surface area contributed by atoms with Crippen LogP contribution in [0.25, 0.3) is 0 Å². The number of nitrogens with zero attached hydrogens (tertiary/aromatic N) is 1. The van der Waals surface area contributed by atoms with Crippen LogP contribution in [0.5, 0.6) is 0 Å². The molecule has 2 rings (SSSR count). The van der Waals surface area contributed by atoms with Crippen LogP contribution in [0.15, 0.2) is 0 Å². The highest BCUT2D eigenvalue weighted by atomic mass is 16.3. The van der Waals surface area contributed by atoms with Crippen molar-refractivity contribution in [2.75, 3.05) is 19.6 Å². The lowest BCUT2D eigenvalue weighted by molar-refractivity contribution is -0.158. The van der Waals surface area contributed by atoms with E-state index >= 15 is 0 Å². The molecule has 0 saturated carbocycles. The molecule has 4 nitrogen and oxygen atoms in total. The molecule has 2 aliphatic rings. The monoisotopic (exact) mass is 240 g/mol. The van der Waals surface area contributed by atoms with Gasteiger partial charge in [0.1, 0.15) is 0 Å². The molecule has 4 heteroatoms. The topological polar surface area (TPSA) is 52.6 Å². The van der Waals surface area contributed by atoms with Crippen molar-refractivity contribution >= 4 is 5.91 Å². The van der Waals surface area contributed by atoms with E-state index in [2.05, 4.69) is 12.2 Å². The Kier molecular flexibility index (Phi) is 3.73. The van der Waals surface area contributed by atoms with Crippen molar-refractivity contribution in [3.63, 3.8) is 0 Å². The predicted octanol–water partition coefficient (Wildman–Crippen LogP) is 0.748. The molecule has 2 heterocycles. The lowest BCUT2D eigenvalue weighted by Gasteiger charge is -2.48. The van der Waals surface area contributed by atoms with Gasteiger partial charge in [-0.05, 0) is 31.7 Å². The first-order valence-electron chi connectivity index (χ1n) is 6.82. The minimum Gasteiger partial charge on any atom is -0.386 e. The molecule has 2 aliphatic heterocycles. The zero-order valence-electron chi connectivity index (χ0n) is 10.9. The molecule has 2 N–H and O–H groups in total. The molecular weight excluding hydrogens is 216 g/mol. The third-order valence-corrected chi connectivity index (χ3v) is 4.33. The number of likely N-dealkylation sites (tertiary alicyclic amines) is 1. The largest absolute Gasteiger partial charge is 0.386 e. The number of hydrogen-bond donors (Lipinski definition) is 2. The molecular formula is C13H24N2O2. The van der Waals surface area contributed by atoms with Gasteiger partial charge in [-0.25, -0.2) is 0 Å². The second-order valence-electron chi connectivity index (χ2n) is 5.58. The molecule has 2 saturated heterocycles. The summed E-state index contributed by atoms with van der Waals surface area (Å²) in [7, 11) is 0. The number of nitrogens with one attached hydrogen (secondary N) is 1. The summed E-state index contributed by atoms with van der Waals surface area (Å²) in [4.78, 5) is 14.0. The summed E-state index contributed by atoms with van der Waals surface area (Å²) < 4.78 is 0. The van der Waals surface area contributed by atoms with E-state index in [1.165, 1.54) is 6.42 Å². The third kappa shape index (κ3) is 2.63. The molecule has 0 spiro atoms. The van der Waals surface area contributed by atoms with E-state index in [9.17, 15) is 9.90 Å². The molecule has 2 unspecified atom stereocenters. The quantitative estimate of drug-likeness (QED) is 0.765.